The van der Waals surface area contributed by atoms with E-state index in [9.17, 15) is 9.59 Å². The van der Waals surface area contributed by atoms with Crippen LogP contribution in [-0.2, 0) is 9.59 Å². The fourth-order valence-electron chi connectivity index (χ4n) is 1.09. The Hall–Kier alpha value is -0.330. The molecule has 0 aliphatic carbocycles. The molecule has 0 heterocycles. The summed E-state index contributed by atoms with van der Waals surface area (Å²) in [7, 11) is 0. The maximum Gasteiger partial charge on any atom is 0.303 e. The van der Waals surface area contributed by atoms with E-state index in [0.717, 1.165) is 0 Å². The number of rotatable bonds is 9. The van der Waals surface area contributed by atoms with Gasteiger partial charge in [0.25, 0.3) is 0 Å². The maximum atomic E-state index is 9.64. The van der Waals surface area contributed by atoms with Crippen molar-refractivity contribution in [3.05, 3.63) is 0 Å². The molecule has 0 unspecified atom stereocenters. The summed E-state index contributed by atoms with van der Waals surface area (Å²) < 4.78 is 1.34. The lowest BCUT2D eigenvalue weighted by Gasteiger charge is -1.95. The largest absolute Gasteiger partial charge is 0.481 e. The van der Waals surface area contributed by atoms with Crippen molar-refractivity contribution in [2.24, 2.45) is 0 Å². The molecule has 17 heavy (non-hydrogen) atoms. The van der Waals surface area contributed by atoms with Crippen LogP contribution in [0.2, 0.25) is 0 Å². The molecule has 2 N–H and O–H groups in total. The van der Waals surface area contributed by atoms with E-state index in [2.05, 4.69) is 29.5 Å². The number of carbonyl (C=O) groups is 2. The van der Waals surface area contributed by atoms with Crippen molar-refractivity contribution in [2.45, 2.75) is 58.3 Å². The second kappa shape index (κ2) is 15.7. The second-order valence-corrected chi connectivity index (χ2v) is 4.82. The van der Waals surface area contributed by atoms with Gasteiger partial charge in [-0.3, -0.25) is 9.59 Å². The minimum absolute atomic E-state index is 0.296. The van der Waals surface area contributed by atoms with Crippen molar-refractivity contribution in [3.8, 4) is 0 Å². The second-order valence-electron chi connectivity index (χ2n) is 3.74. The summed E-state index contributed by atoms with van der Waals surface area (Å²) in [5.41, 5.74) is 0. The Labute approximate surface area is 117 Å². The molecule has 0 fully saturated rings. The van der Waals surface area contributed by atoms with Gasteiger partial charge in [0.15, 0.2) is 0 Å². The van der Waals surface area contributed by atoms with Crippen LogP contribution in [0.1, 0.15) is 58.3 Å². The van der Waals surface area contributed by atoms with Gasteiger partial charge in [-0.2, -0.15) is 0 Å². The Morgan fingerprint density at radius 2 is 1.29 bits per heavy atom. The summed E-state index contributed by atoms with van der Waals surface area (Å²) in [5, 5.41) is 15.8. The van der Waals surface area contributed by atoms with E-state index in [1.165, 1.54) is 43.0 Å². The Kier molecular flexibility index (Phi) is 17.5. The van der Waals surface area contributed by atoms with E-state index in [-0.39, 0.29) is 12.8 Å². The van der Waals surface area contributed by atoms with Crippen molar-refractivity contribution in [1.82, 2.24) is 0 Å². The number of alkyl halides is 1. The van der Waals surface area contributed by atoms with Crippen molar-refractivity contribution < 1.29 is 19.8 Å². The number of hydrogen-bond acceptors (Lipinski definition) is 2. The number of carboxylic acid groups (broad SMARTS) is 2. The van der Waals surface area contributed by atoms with Crippen molar-refractivity contribution >= 4 is 34.5 Å². The molecule has 0 spiro atoms. The van der Waals surface area contributed by atoms with Crippen molar-refractivity contribution in [2.75, 3.05) is 4.43 Å². The molecule has 0 amide bonds. The van der Waals surface area contributed by atoms with Gasteiger partial charge < -0.3 is 10.2 Å². The standard InChI is InChI=1S/C8H17I.C4H6O4/c1-2-3-4-5-6-7-8-9;5-3(6)1-2-4(7)8/h2-8H2,1H3;1-2H2,(H,5,6)(H,7,8). The highest BCUT2D eigenvalue weighted by Crippen LogP contribution is 2.05. The molecule has 5 heteroatoms. The van der Waals surface area contributed by atoms with Gasteiger partial charge in [0.2, 0.25) is 0 Å². The first-order valence-electron chi connectivity index (χ1n) is 6.04. The number of halogens is 1. The van der Waals surface area contributed by atoms with Gasteiger partial charge in [-0.25, -0.2) is 0 Å². The normalized spacial score (nSPS) is 9.29. The number of hydrogen-bond donors (Lipinski definition) is 2. The molecular formula is C12H23IO4. The predicted octanol–water partition coefficient (Wildman–Crippen LogP) is 3.72. The molecule has 0 radical (unpaired) electrons. The lowest BCUT2D eigenvalue weighted by molar-refractivity contribution is -0.143. The third kappa shape index (κ3) is 25.7. The van der Waals surface area contributed by atoms with Crippen LogP contribution < -0.4 is 0 Å². The Morgan fingerprint density at radius 3 is 1.65 bits per heavy atom. The highest BCUT2D eigenvalue weighted by atomic mass is 127. The van der Waals surface area contributed by atoms with Gasteiger partial charge in [-0.15, -0.1) is 0 Å². The van der Waals surface area contributed by atoms with E-state index in [0.29, 0.717) is 0 Å². The summed E-state index contributed by atoms with van der Waals surface area (Å²) in [6.07, 6.45) is 7.98. The summed E-state index contributed by atoms with van der Waals surface area (Å²) in [6.45, 7) is 2.26. The Morgan fingerprint density at radius 1 is 0.882 bits per heavy atom. The molecule has 0 saturated heterocycles. The molecule has 0 aromatic rings. The lowest BCUT2D eigenvalue weighted by Crippen LogP contribution is -2.00. The van der Waals surface area contributed by atoms with E-state index >= 15 is 0 Å². The SMILES string of the molecule is CCCCCCCCI.O=C(O)CCC(=O)O. The fourth-order valence-corrected chi connectivity index (χ4v) is 1.63. The highest BCUT2D eigenvalue weighted by Gasteiger charge is 2.00. The first-order chi connectivity index (χ1) is 8.04. The molecule has 0 aromatic carbocycles. The molecule has 0 aliphatic rings. The summed E-state index contributed by atoms with van der Waals surface area (Å²) in [5.74, 6) is -2.15. The molecule has 0 aromatic heterocycles. The molecule has 0 rings (SSSR count). The zero-order valence-corrected chi connectivity index (χ0v) is 12.6. The van der Waals surface area contributed by atoms with Crippen molar-refractivity contribution in [3.63, 3.8) is 0 Å². The van der Waals surface area contributed by atoms with E-state index in [4.69, 9.17) is 10.2 Å². The zero-order chi connectivity index (χ0) is 13.5. The van der Waals surface area contributed by atoms with Crippen LogP contribution in [0, 0.1) is 0 Å². The quantitative estimate of drug-likeness (QED) is 0.374. The summed E-state index contributed by atoms with van der Waals surface area (Å²) >= 11 is 2.45. The van der Waals surface area contributed by atoms with Crippen LogP contribution in [0.15, 0.2) is 0 Å². The summed E-state index contributed by atoms with van der Waals surface area (Å²) in [6, 6.07) is 0. The third-order valence-electron chi connectivity index (χ3n) is 2.04. The Balaban J connectivity index is 0. The van der Waals surface area contributed by atoms with Crippen LogP contribution in [-0.4, -0.2) is 26.6 Å². The fraction of sp³-hybridized carbons (Fsp3) is 0.833. The zero-order valence-electron chi connectivity index (χ0n) is 10.5. The number of carboxylic acids is 2. The molecule has 102 valence electrons. The first-order valence-corrected chi connectivity index (χ1v) is 7.56. The van der Waals surface area contributed by atoms with E-state index in [1.54, 1.807) is 0 Å². The molecule has 4 nitrogen and oxygen atoms in total. The topological polar surface area (TPSA) is 74.6 Å². The van der Waals surface area contributed by atoms with Crippen LogP contribution >= 0.6 is 22.6 Å². The smallest absolute Gasteiger partial charge is 0.303 e. The molecule has 0 bridgehead atoms. The van der Waals surface area contributed by atoms with Gasteiger partial charge in [0, 0.05) is 0 Å². The monoisotopic (exact) mass is 358 g/mol. The van der Waals surface area contributed by atoms with Crippen LogP contribution in [0.5, 0.6) is 0 Å². The van der Waals surface area contributed by atoms with Gasteiger partial charge >= 0.3 is 11.9 Å². The summed E-state index contributed by atoms with van der Waals surface area (Å²) in [4.78, 5) is 19.3. The average Bonchev–Trinajstić information content (AvgIpc) is 2.27. The molecule has 0 aliphatic heterocycles. The highest BCUT2D eigenvalue weighted by molar-refractivity contribution is 14.1. The number of aliphatic carboxylic acids is 2. The first kappa shape index (κ1) is 19.0. The van der Waals surface area contributed by atoms with E-state index < -0.39 is 11.9 Å². The van der Waals surface area contributed by atoms with E-state index in [1.807, 2.05) is 0 Å². The van der Waals surface area contributed by atoms with Gasteiger partial charge in [0.1, 0.15) is 0 Å². The minimum atomic E-state index is -1.08. The predicted molar refractivity (Wildman–Crippen MR) is 76.8 cm³/mol. The Bertz CT molecular complexity index is 175. The third-order valence-corrected chi connectivity index (χ3v) is 2.80. The van der Waals surface area contributed by atoms with Crippen LogP contribution in [0.4, 0.5) is 0 Å². The molecule has 0 atom stereocenters. The molecular weight excluding hydrogens is 335 g/mol. The van der Waals surface area contributed by atoms with Crippen LogP contribution in [0.3, 0.4) is 0 Å². The maximum absolute atomic E-state index is 9.64. The average molecular weight is 358 g/mol. The molecule has 0 saturated carbocycles. The van der Waals surface area contributed by atoms with Crippen molar-refractivity contribution in [1.29, 1.82) is 0 Å². The van der Waals surface area contributed by atoms with Gasteiger partial charge in [-0.05, 0) is 10.8 Å². The lowest BCUT2D eigenvalue weighted by atomic mass is 10.1. The minimum Gasteiger partial charge on any atom is -0.481 e. The number of unbranched alkanes of at least 4 members (excludes halogenated alkanes) is 5. The van der Waals surface area contributed by atoms with Gasteiger partial charge in [-0.1, -0.05) is 61.6 Å². The van der Waals surface area contributed by atoms with Crippen LogP contribution in [0.25, 0.3) is 0 Å². The van der Waals surface area contributed by atoms with Gasteiger partial charge in [0.05, 0.1) is 12.8 Å².